The molecule has 1 N–H and O–H groups in total. The van der Waals surface area contributed by atoms with Crippen molar-refractivity contribution in [2.75, 3.05) is 32.1 Å². The molecule has 2 saturated carbocycles. The van der Waals surface area contributed by atoms with Gasteiger partial charge in [0.05, 0.1) is 17.6 Å². The highest BCUT2D eigenvalue weighted by molar-refractivity contribution is 5.96. The first-order valence-corrected chi connectivity index (χ1v) is 12.5. The van der Waals surface area contributed by atoms with Crippen LogP contribution < -0.4 is 4.90 Å². The zero-order chi connectivity index (χ0) is 23.9. The van der Waals surface area contributed by atoms with Crippen LogP contribution in [0.25, 0.3) is 0 Å². The number of hydrogen-bond donors (Lipinski definition) is 1. The topological polar surface area (TPSA) is 64.1 Å². The standard InChI is InChI=1S/C28H35N3O3/c1-29(2)28(23-9-4-3-5-10-23)17-15-27(16-18-28)20-30(24-13-11-22(12-14-24)25(32)33)26(34)31(27)19-21-7-6-8-21/h3-5,9-14,21H,6-8,15-20H2,1-2H3,(H,32,33). The molecule has 0 unspecified atom stereocenters. The fourth-order valence-electron chi connectivity index (χ4n) is 6.29. The Morgan fingerprint density at radius 2 is 1.65 bits per heavy atom. The summed E-state index contributed by atoms with van der Waals surface area (Å²) in [7, 11) is 4.35. The van der Waals surface area contributed by atoms with Crippen LogP contribution in [0.2, 0.25) is 0 Å². The lowest BCUT2D eigenvalue weighted by Crippen LogP contribution is -2.56. The van der Waals surface area contributed by atoms with E-state index in [1.54, 1.807) is 24.3 Å². The van der Waals surface area contributed by atoms with E-state index >= 15 is 0 Å². The molecule has 34 heavy (non-hydrogen) atoms. The Kier molecular flexibility index (Phi) is 5.88. The third-order valence-electron chi connectivity index (χ3n) is 8.75. The van der Waals surface area contributed by atoms with Gasteiger partial charge in [0, 0.05) is 17.8 Å². The number of carbonyl (C=O) groups excluding carboxylic acids is 1. The van der Waals surface area contributed by atoms with Gasteiger partial charge < -0.3 is 10.0 Å². The molecule has 6 heteroatoms. The predicted molar refractivity (Wildman–Crippen MR) is 133 cm³/mol. The van der Waals surface area contributed by atoms with Crippen molar-refractivity contribution in [3.8, 4) is 0 Å². The number of benzene rings is 2. The Bertz CT molecular complexity index is 1040. The van der Waals surface area contributed by atoms with Crippen LogP contribution in [0.1, 0.15) is 60.9 Å². The highest BCUT2D eigenvalue weighted by Gasteiger charge is 2.55. The summed E-state index contributed by atoms with van der Waals surface area (Å²) in [6.45, 7) is 1.51. The van der Waals surface area contributed by atoms with Gasteiger partial charge in [-0.05, 0) is 88.4 Å². The van der Waals surface area contributed by atoms with Gasteiger partial charge in [0.15, 0.2) is 0 Å². The number of amides is 2. The van der Waals surface area contributed by atoms with Crippen LogP contribution in [0.15, 0.2) is 54.6 Å². The van der Waals surface area contributed by atoms with E-state index in [1.807, 2.05) is 4.90 Å². The first-order valence-electron chi connectivity index (χ1n) is 12.5. The van der Waals surface area contributed by atoms with Gasteiger partial charge in [0.25, 0.3) is 0 Å². The predicted octanol–water partition coefficient (Wildman–Crippen LogP) is 5.20. The lowest BCUT2D eigenvalue weighted by Gasteiger charge is -2.51. The molecule has 3 aliphatic rings. The van der Waals surface area contributed by atoms with Crippen molar-refractivity contribution >= 4 is 17.7 Å². The Labute approximate surface area is 202 Å². The second-order valence-corrected chi connectivity index (χ2v) is 10.6. The molecule has 180 valence electrons. The molecule has 2 amide bonds. The minimum absolute atomic E-state index is 0.0196. The van der Waals surface area contributed by atoms with Crippen molar-refractivity contribution in [2.45, 2.75) is 56.0 Å². The number of anilines is 1. The average molecular weight is 462 g/mol. The summed E-state index contributed by atoms with van der Waals surface area (Å²) in [6.07, 6.45) is 7.61. The van der Waals surface area contributed by atoms with Gasteiger partial charge in [-0.15, -0.1) is 0 Å². The van der Waals surface area contributed by atoms with Gasteiger partial charge in [0.2, 0.25) is 0 Å². The molecule has 1 heterocycles. The van der Waals surface area contributed by atoms with Crippen molar-refractivity contribution in [1.82, 2.24) is 9.80 Å². The van der Waals surface area contributed by atoms with Gasteiger partial charge in [-0.25, -0.2) is 9.59 Å². The van der Waals surface area contributed by atoms with Gasteiger partial charge in [-0.3, -0.25) is 9.80 Å². The quantitative estimate of drug-likeness (QED) is 0.642. The fourth-order valence-corrected chi connectivity index (χ4v) is 6.29. The van der Waals surface area contributed by atoms with Crippen molar-refractivity contribution < 1.29 is 14.7 Å². The van der Waals surface area contributed by atoms with E-state index in [4.69, 9.17) is 0 Å². The molecule has 0 bridgehead atoms. The SMILES string of the molecule is CN(C)C1(c2ccccc2)CCC2(CC1)CN(c1ccc(C(=O)O)cc1)C(=O)N2CC1CCC1. The molecule has 1 saturated heterocycles. The lowest BCUT2D eigenvalue weighted by molar-refractivity contribution is 0.0172. The molecule has 2 aromatic carbocycles. The minimum Gasteiger partial charge on any atom is -0.478 e. The first-order chi connectivity index (χ1) is 16.3. The molecule has 2 aliphatic carbocycles. The molecular weight excluding hydrogens is 426 g/mol. The summed E-state index contributed by atoms with van der Waals surface area (Å²) in [5.41, 5.74) is 2.19. The number of urea groups is 1. The zero-order valence-electron chi connectivity index (χ0n) is 20.2. The maximum Gasteiger partial charge on any atom is 0.335 e. The van der Waals surface area contributed by atoms with Crippen LogP contribution in [0.3, 0.4) is 0 Å². The smallest absolute Gasteiger partial charge is 0.335 e. The number of carbonyl (C=O) groups is 2. The van der Waals surface area contributed by atoms with E-state index in [1.165, 1.54) is 24.8 Å². The van der Waals surface area contributed by atoms with E-state index in [0.29, 0.717) is 12.5 Å². The van der Waals surface area contributed by atoms with Gasteiger partial charge in [-0.1, -0.05) is 36.8 Å². The van der Waals surface area contributed by atoms with E-state index in [2.05, 4.69) is 54.2 Å². The van der Waals surface area contributed by atoms with E-state index in [9.17, 15) is 14.7 Å². The number of carboxylic acid groups (broad SMARTS) is 1. The average Bonchev–Trinajstić information content (AvgIpc) is 3.08. The normalized spacial score (nSPS) is 27.4. The molecule has 1 aliphatic heterocycles. The Balaban J connectivity index is 1.44. The van der Waals surface area contributed by atoms with Crippen LogP contribution in [0.4, 0.5) is 10.5 Å². The maximum atomic E-state index is 13.8. The fraction of sp³-hybridized carbons (Fsp3) is 0.500. The zero-order valence-corrected chi connectivity index (χ0v) is 20.2. The molecule has 2 aromatic rings. The second-order valence-electron chi connectivity index (χ2n) is 10.6. The van der Waals surface area contributed by atoms with Crippen molar-refractivity contribution in [2.24, 2.45) is 5.92 Å². The number of rotatable bonds is 6. The summed E-state index contributed by atoms with van der Waals surface area (Å²) in [5.74, 6) is -0.347. The summed E-state index contributed by atoms with van der Waals surface area (Å²) in [4.78, 5) is 31.5. The number of carboxylic acids is 1. The lowest BCUT2D eigenvalue weighted by atomic mass is 9.68. The monoisotopic (exact) mass is 461 g/mol. The molecule has 0 aromatic heterocycles. The van der Waals surface area contributed by atoms with Crippen LogP contribution in [0, 0.1) is 5.92 Å². The number of hydrogen-bond acceptors (Lipinski definition) is 3. The molecule has 3 fully saturated rings. The molecule has 6 nitrogen and oxygen atoms in total. The summed E-state index contributed by atoms with van der Waals surface area (Å²) in [6, 6.07) is 17.6. The van der Waals surface area contributed by atoms with Crippen LogP contribution >= 0.6 is 0 Å². The molecule has 0 atom stereocenters. The minimum atomic E-state index is -0.949. The van der Waals surface area contributed by atoms with Crippen LogP contribution in [-0.4, -0.2) is 59.6 Å². The first kappa shape index (κ1) is 22.9. The third kappa shape index (κ3) is 3.78. The van der Waals surface area contributed by atoms with Crippen molar-refractivity contribution in [3.05, 3.63) is 65.7 Å². The van der Waals surface area contributed by atoms with Crippen LogP contribution in [-0.2, 0) is 5.54 Å². The highest BCUT2D eigenvalue weighted by atomic mass is 16.4. The van der Waals surface area contributed by atoms with Gasteiger partial charge >= 0.3 is 12.0 Å². The summed E-state index contributed by atoms with van der Waals surface area (Å²) in [5, 5.41) is 9.26. The van der Waals surface area contributed by atoms with Crippen molar-refractivity contribution in [1.29, 1.82) is 0 Å². The van der Waals surface area contributed by atoms with Gasteiger partial charge in [-0.2, -0.15) is 0 Å². The van der Waals surface area contributed by atoms with E-state index < -0.39 is 5.97 Å². The maximum absolute atomic E-state index is 13.8. The van der Waals surface area contributed by atoms with E-state index in [0.717, 1.165) is 37.9 Å². The highest BCUT2D eigenvalue weighted by Crippen LogP contribution is 2.50. The Morgan fingerprint density at radius 3 is 2.18 bits per heavy atom. The summed E-state index contributed by atoms with van der Waals surface area (Å²) < 4.78 is 0. The van der Waals surface area contributed by atoms with E-state index in [-0.39, 0.29) is 22.7 Å². The second kappa shape index (κ2) is 8.73. The third-order valence-corrected chi connectivity index (χ3v) is 8.75. The molecular formula is C28H35N3O3. The molecule has 5 rings (SSSR count). The van der Waals surface area contributed by atoms with Crippen molar-refractivity contribution in [3.63, 3.8) is 0 Å². The molecule has 0 radical (unpaired) electrons. The Morgan fingerprint density at radius 1 is 1.00 bits per heavy atom. The van der Waals surface area contributed by atoms with Crippen LogP contribution in [0.5, 0.6) is 0 Å². The largest absolute Gasteiger partial charge is 0.478 e. The Hall–Kier alpha value is -2.86. The number of aromatic carboxylic acids is 1. The molecule has 1 spiro atoms. The van der Waals surface area contributed by atoms with Gasteiger partial charge in [0.1, 0.15) is 0 Å². The number of nitrogens with zero attached hydrogens (tertiary/aromatic N) is 3. The summed E-state index contributed by atoms with van der Waals surface area (Å²) >= 11 is 0.